The summed E-state index contributed by atoms with van der Waals surface area (Å²) in [5.74, 6) is -7.83. The molecule has 0 aliphatic carbocycles. The predicted molar refractivity (Wildman–Crippen MR) is 132 cm³/mol. The van der Waals surface area contributed by atoms with E-state index in [9.17, 15) is 26.7 Å². The Morgan fingerprint density at radius 1 is 0.514 bits per heavy atom. The van der Waals surface area contributed by atoms with Crippen LogP contribution in [0.5, 0.6) is 0 Å². The maximum Gasteiger partial charge on any atom is 0.461 e. The van der Waals surface area contributed by atoms with E-state index in [4.69, 9.17) is 0 Å². The van der Waals surface area contributed by atoms with Crippen LogP contribution in [-0.2, 0) is 4.79 Å². The quantitative estimate of drug-likeness (QED) is 0.237. The van der Waals surface area contributed by atoms with Crippen molar-refractivity contribution in [2.75, 3.05) is 0 Å². The Hall–Kier alpha value is -3.50. The molecule has 0 fully saturated rings. The zero-order valence-electron chi connectivity index (χ0n) is 18.3. The van der Waals surface area contributed by atoms with Gasteiger partial charge in [0, 0.05) is 5.29 Å². The molecule has 4 aromatic rings. The van der Waals surface area contributed by atoms with Gasteiger partial charge in [-0.15, -0.1) is 0 Å². The molecule has 4 rings (SSSR count). The van der Waals surface area contributed by atoms with Crippen LogP contribution < -0.4 is 15.9 Å². The van der Waals surface area contributed by atoms with Gasteiger partial charge in [-0.3, -0.25) is 4.79 Å². The third-order valence-corrected chi connectivity index (χ3v) is 10.0. The van der Waals surface area contributed by atoms with Gasteiger partial charge in [-0.2, -0.15) is 22.0 Å². The highest BCUT2D eigenvalue weighted by molar-refractivity contribution is 7.96. The van der Waals surface area contributed by atoms with Crippen molar-refractivity contribution in [2.24, 2.45) is 0 Å². The summed E-state index contributed by atoms with van der Waals surface area (Å²) < 4.78 is 70.5. The van der Waals surface area contributed by atoms with Gasteiger partial charge in [0.1, 0.15) is 0 Å². The molecule has 0 N–H and O–H groups in total. The Morgan fingerprint density at radius 2 is 0.829 bits per heavy atom. The lowest BCUT2D eigenvalue weighted by Gasteiger charge is -2.34. The summed E-state index contributed by atoms with van der Waals surface area (Å²) in [6.07, 6.45) is -6.05. The van der Waals surface area contributed by atoms with Crippen molar-refractivity contribution < 1.29 is 26.7 Å². The Morgan fingerprint density at radius 3 is 1.14 bits per heavy atom. The van der Waals surface area contributed by atoms with Gasteiger partial charge in [-0.25, -0.2) is 0 Å². The number of benzene rings is 4. The van der Waals surface area contributed by atoms with Crippen molar-refractivity contribution in [1.82, 2.24) is 0 Å². The van der Waals surface area contributed by atoms with Crippen molar-refractivity contribution in [3.8, 4) is 0 Å². The minimum Gasteiger partial charge on any atom is -0.287 e. The summed E-state index contributed by atoms with van der Waals surface area (Å²) >= 11 is 0. The van der Waals surface area contributed by atoms with Crippen molar-refractivity contribution in [2.45, 2.75) is 12.1 Å². The molecule has 0 aliphatic heterocycles. The molecule has 0 amide bonds. The van der Waals surface area contributed by atoms with Gasteiger partial charge >= 0.3 is 12.1 Å². The lowest BCUT2D eigenvalue weighted by molar-refractivity contribution is -0.265. The van der Waals surface area contributed by atoms with Crippen LogP contribution in [0.4, 0.5) is 22.0 Å². The lowest BCUT2D eigenvalue weighted by Crippen LogP contribution is -2.49. The molecule has 0 saturated carbocycles. The van der Waals surface area contributed by atoms with E-state index >= 15 is 0 Å². The summed E-state index contributed by atoms with van der Waals surface area (Å²) in [4.78, 5) is 13.5. The van der Waals surface area contributed by atoms with E-state index in [1.165, 1.54) is 24.3 Å². The van der Waals surface area contributed by atoms with Gasteiger partial charge in [0.2, 0.25) is 5.78 Å². The highest BCUT2D eigenvalue weighted by atomic mass is 31.2. The minimum atomic E-state index is -6.05. The fraction of sp³-hybridized carbons (Fsp3) is 0.0714. The molecular formula is C28H20F5OP. The molecule has 178 valence electrons. The Balaban J connectivity index is 2.34. The minimum absolute atomic E-state index is 0.0197. The second-order valence-electron chi connectivity index (χ2n) is 7.79. The number of carbonyl (C=O) groups is 1. The number of carbonyl (C=O) groups excluding carboxylic acids is 1. The van der Waals surface area contributed by atoms with E-state index < -0.39 is 30.1 Å². The van der Waals surface area contributed by atoms with Crippen LogP contribution in [0.1, 0.15) is 5.56 Å². The van der Waals surface area contributed by atoms with E-state index in [0.717, 1.165) is 0 Å². The molecule has 0 saturated heterocycles. The first-order valence-electron chi connectivity index (χ1n) is 10.7. The van der Waals surface area contributed by atoms with Crippen molar-refractivity contribution >= 4 is 33.9 Å². The van der Waals surface area contributed by atoms with Crippen LogP contribution in [0.2, 0.25) is 0 Å². The highest BCUT2D eigenvalue weighted by Crippen LogP contribution is 2.50. The summed E-state index contributed by atoms with van der Waals surface area (Å²) in [6, 6.07) is 32.8. The largest absolute Gasteiger partial charge is 0.461 e. The van der Waals surface area contributed by atoms with Gasteiger partial charge in [-0.05, 0) is 28.4 Å². The Labute approximate surface area is 199 Å². The van der Waals surface area contributed by atoms with E-state index in [2.05, 4.69) is 0 Å². The maximum absolute atomic E-state index is 14.9. The number of Topliss-reactive ketones (excluding diaryl/α,β-unsaturated/α-hetero) is 1. The van der Waals surface area contributed by atoms with E-state index in [1.54, 1.807) is 97.1 Å². The Kier molecular flexibility index (Phi) is 6.77. The van der Waals surface area contributed by atoms with Crippen LogP contribution in [0.3, 0.4) is 0 Å². The number of hydrogen-bond donors (Lipinski definition) is 0. The van der Waals surface area contributed by atoms with Crippen LogP contribution in [-0.4, -0.2) is 23.2 Å². The molecule has 0 spiro atoms. The van der Waals surface area contributed by atoms with Gasteiger partial charge in [-0.1, -0.05) is 121 Å². The molecule has 0 aromatic heterocycles. The summed E-state index contributed by atoms with van der Waals surface area (Å²) in [6.45, 7) is -3.52. The monoisotopic (exact) mass is 498 g/mol. The number of halogens is 5. The molecule has 0 aliphatic rings. The second kappa shape index (κ2) is 9.63. The van der Waals surface area contributed by atoms with E-state index in [0.29, 0.717) is 15.9 Å². The average molecular weight is 498 g/mol. The SMILES string of the molecule is O=C(C(c1ccccc1)=P(c1ccccc1)(c1ccccc1)c1ccccc1)C(F)(F)C(F)(F)F. The van der Waals surface area contributed by atoms with Gasteiger partial charge in [0.15, 0.2) is 0 Å². The third kappa shape index (κ3) is 4.35. The van der Waals surface area contributed by atoms with Crippen LogP contribution >= 0.6 is 6.89 Å². The van der Waals surface area contributed by atoms with Crippen molar-refractivity contribution in [1.29, 1.82) is 0 Å². The molecule has 0 radical (unpaired) electrons. The first kappa shape index (κ1) is 24.6. The number of ketones is 1. The highest BCUT2D eigenvalue weighted by Gasteiger charge is 2.64. The maximum atomic E-state index is 14.9. The summed E-state index contributed by atoms with van der Waals surface area (Å²) in [5, 5.41) is 0.914. The molecule has 7 heteroatoms. The van der Waals surface area contributed by atoms with E-state index in [-0.39, 0.29) is 5.56 Å². The molecule has 0 unspecified atom stereocenters. The van der Waals surface area contributed by atoms with Gasteiger partial charge in [0.05, 0.1) is 0 Å². The van der Waals surface area contributed by atoms with Crippen LogP contribution in [0, 0.1) is 0 Å². The first-order valence-corrected chi connectivity index (χ1v) is 12.5. The lowest BCUT2D eigenvalue weighted by atomic mass is 10.0. The summed E-state index contributed by atoms with van der Waals surface area (Å²) in [5.41, 5.74) is 0.0197. The molecule has 35 heavy (non-hydrogen) atoms. The fourth-order valence-corrected chi connectivity index (χ4v) is 8.65. The number of rotatable bonds is 6. The molecule has 0 heterocycles. The van der Waals surface area contributed by atoms with Crippen molar-refractivity contribution in [3.63, 3.8) is 0 Å². The molecule has 0 bridgehead atoms. The average Bonchev–Trinajstić information content (AvgIpc) is 2.88. The smallest absolute Gasteiger partial charge is 0.287 e. The number of hydrogen-bond acceptors (Lipinski definition) is 1. The predicted octanol–water partition coefficient (Wildman–Crippen LogP) is 5.97. The topological polar surface area (TPSA) is 17.1 Å². The standard InChI is InChI=1S/C28H20F5OP/c29-27(30,28(31,32)33)26(34)25(21-13-5-1-6-14-21)35(22-15-7-2-8-16-22,23-17-9-3-10-18-23)24-19-11-4-12-20-24/h1-20H. The third-order valence-electron chi connectivity index (χ3n) is 5.67. The van der Waals surface area contributed by atoms with Crippen LogP contribution in [0.25, 0.3) is 0 Å². The molecule has 4 aromatic carbocycles. The fourth-order valence-electron chi connectivity index (χ4n) is 4.14. The molecule has 0 atom stereocenters. The molecular weight excluding hydrogens is 478 g/mol. The van der Waals surface area contributed by atoms with Crippen LogP contribution in [0.15, 0.2) is 121 Å². The van der Waals surface area contributed by atoms with Crippen molar-refractivity contribution in [3.05, 3.63) is 127 Å². The summed E-state index contributed by atoms with van der Waals surface area (Å²) in [7, 11) is 0. The second-order valence-corrected chi connectivity index (χ2v) is 11.1. The zero-order chi connectivity index (χ0) is 25.1. The number of alkyl halides is 5. The first-order chi connectivity index (χ1) is 16.7. The molecule has 1 nitrogen and oxygen atoms in total. The van der Waals surface area contributed by atoms with E-state index in [1.807, 2.05) is 0 Å². The normalized spacial score (nSPS) is 12.3. The van der Waals surface area contributed by atoms with Gasteiger partial charge in [0.25, 0.3) is 0 Å². The Bertz CT molecular complexity index is 1250. The zero-order valence-corrected chi connectivity index (χ0v) is 19.2. The van der Waals surface area contributed by atoms with Gasteiger partial charge < -0.3 is 0 Å².